The monoisotopic (exact) mass is 280 g/mol. The molecule has 0 aliphatic rings. The third-order valence-electron chi connectivity index (χ3n) is 1.67. The van der Waals surface area contributed by atoms with Crippen molar-refractivity contribution in [1.82, 2.24) is 0 Å². The lowest BCUT2D eigenvalue weighted by Gasteiger charge is -2.16. The van der Waals surface area contributed by atoms with Gasteiger partial charge in [0.15, 0.2) is 6.10 Å². The van der Waals surface area contributed by atoms with Gasteiger partial charge in [0.2, 0.25) is 6.10 Å². The Morgan fingerprint density at radius 1 is 1.17 bits per heavy atom. The summed E-state index contributed by atoms with van der Waals surface area (Å²) in [6.45, 7) is 2.32. The number of esters is 2. The molecule has 3 atom stereocenters. The molecule has 0 amide bonds. The van der Waals surface area contributed by atoms with Crippen LogP contribution in [0.4, 0.5) is 0 Å². The first-order valence-corrected chi connectivity index (χ1v) is 5.25. The predicted molar refractivity (Wildman–Crippen MR) is 59.2 cm³/mol. The summed E-state index contributed by atoms with van der Waals surface area (Å²) < 4.78 is 13.3. The standard InChI is InChI=1S/C9H13O8P/c1-4(15-5(2)10)8(13)16-6(3-7(11)12)9(14)17-18/h4,6H,3,18H2,1-2H3,(H,11,12)/t4-,6-/m0/s1. The molecule has 1 N–H and O–H groups in total. The average molecular weight is 280 g/mol. The highest BCUT2D eigenvalue weighted by Gasteiger charge is 2.29. The van der Waals surface area contributed by atoms with Crippen molar-refractivity contribution >= 4 is 33.3 Å². The summed E-state index contributed by atoms with van der Waals surface area (Å²) in [5.74, 6) is -4.12. The molecule has 18 heavy (non-hydrogen) atoms. The van der Waals surface area contributed by atoms with Gasteiger partial charge in [-0.25, -0.2) is 9.59 Å². The Morgan fingerprint density at radius 2 is 1.72 bits per heavy atom. The minimum atomic E-state index is -1.59. The summed E-state index contributed by atoms with van der Waals surface area (Å²) in [7, 11) is 1.62. The van der Waals surface area contributed by atoms with Crippen LogP contribution in [0, 0.1) is 0 Å². The molecule has 9 heteroatoms. The molecule has 0 aliphatic heterocycles. The topological polar surface area (TPSA) is 116 Å². The molecule has 0 radical (unpaired) electrons. The van der Waals surface area contributed by atoms with E-state index in [-0.39, 0.29) is 0 Å². The highest BCUT2D eigenvalue weighted by Crippen LogP contribution is 2.07. The molecule has 0 saturated heterocycles. The van der Waals surface area contributed by atoms with E-state index in [1.807, 2.05) is 0 Å². The first kappa shape index (κ1) is 16.3. The highest BCUT2D eigenvalue weighted by atomic mass is 31.0. The normalized spacial score (nSPS) is 13.1. The molecule has 0 heterocycles. The minimum absolute atomic E-state index is 0.706. The zero-order chi connectivity index (χ0) is 14.3. The van der Waals surface area contributed by atoms with Crippen LogP contribution in [0.3, 0.4) is 0 Å². The van der Waals surface area contributed by atoms with Gasteiger partial charge < -0.3 is 19.1 Å². The number of carbonyl (C=O) groups excluding carboxylic acids is 3. The number of aliphatic carboxylic acids is 1. The third kappa shape index (κ3) is 6.15. The van der Waals surface area contributed by atoms with Gasteiger partial charge in [-0.3, -0.25) is 9.59 Å². The minimum Gasteiger partial charge on any atom is -0.481 e. The smallest absolute Gasteiger partial charge is 0.350 e. The van der Waals surface area contributed by atoms with Gasteiger partial charge in [0.1, 0.15) is 0 Å². The van der Waals surface area contributed by atoms with E-state index in [0.29, 0.717) is 0 Å². The van der Waals surface area contributed by atoms with Gasteiger partial charge in [-0.05, 0) is 6.92 Å². The number of carboxylic acid groups (broad SMARTS) is 1. The van der Waals surface area contributed by atoms with Crippen LogP contribution in [0.2, 0.25) is 0 Å². The summed E-state index contributed by atoms with van der Waals surface area (Å²) in [4.78, 5) is 43.6. The lowest BCUT2D eigenvalue weighted by molar-refractivity contribution is -0.175. The number of carbonyl (C=O) groups is 4. The Morgan fingerprint density at radius 3 is 2.11 bits per heavy atom. The van der Waals surface area contributed by atoms with Crippen LogP contribution in [-0.2, 0) is 33.2 Å². The number of ether oxygens (including phenoxy) is 2. The van der Waals surface area contributed by atoms with Crippen LogP contribution in [0.1, 0.15) is 20.3 Å². The molecule has 0 saturated carbocycles. The number of carboxylic acids is 1. The molecular weight excluding hydrogens is 267 g/mol. The average Bonchev–Trinajstić information content (AvgIpc) is 2.25. The molecule has 0 spiro atoms. The Bertz CT molecular complexity index is 352. The van der Waals surface area contributed by atoms with Gasteiger partial charge in [-0.15, -0.1) is 0 Å². The Labute approximate surface area is 105 Å². The van der Waals surface area contributed by atoms with E-state index in [1.165, 1.54) is 6.92 Å². The second-order valence-electron chi connectivity index (χ2n) is 3.21. The van der Waals surface area contributed by atoms with Crippen molar-refractivity contribution < 1.29 is 38.3 Å². The van der Waals surface area contributed by atoms with Crippen LogP contribution in [-0.4, -0.2) is 41.2 Å². The zero-order valence-electron chi connectivity index (χ0n) is 9.74. The molecule has 0 aliphatic carbocycles. The van der Waals surface area contributed by atoms with Gasteiger partial charge >= 0.3 is 23.9 Å². The fourth-order valence-electron chi connectivity index (χ4n) is 0.941. The maximum absolute atomic E-state index is 11.4. The Kier molecular flexibility index (Phi) is 6.89. The second-order valence-corrected chi connectivity index (χ2v) is 3.45. The number of hydrogen-bond acceptors (Lipinski definition) is 7. The fraction of sp³-hybridized carbons (Fsp3) is 0.556. The lowest BCUT2D eigenvalue weighted by atomic mass is 10.2. The molecule has 0 aromatic rings. The van der Waals surface area contributed by atoms with E-state index in [1.54, 1.807) is 9.47 Å². The molecule has 8 nitrogen and oxygen atoms in total. The molecule has 0 bridgehead atoms. The highest BCUT2D eigenvalue weighted by molar-refractivity contribution is 7.10. The van der Waals surface area contributed by atoms with E-state index in [0.717, 1.165) is 6.92 Å². The van der Waals surface area contributed by atoms with E-state index in [2.05, 4.69) is 14.0 Å². The van der Waals surface area contributed by atoms with E-state index in [4.69, 9.17) is 5.11 Å². The fourth-order valence-corrected chi connectivity index (χ4v) is 1.09. The quantitative estimate of drug-likeness (QED) is 0.518. The second kappa shape index (κ2) is 7.60. The molecule has 0 fully saturated rings. The maximum Gasteiger partial charge on any atom is 0.350 e. The Balaban J connectivity index is 4.56. The van der Waals surface area contributed by atoms with Crippen molar-refractivity contribution in [2.24, 2.45) is 0 Å². The van der Waals surface area contributed by atoms with Crippen molar-refractivity contribution in [1.29, 1.82) is 0 Å². The maximum atomic E-state index is 11.4. The van der Waals surface area contributed by atoms with Gasteiger partial charge in [-0.1, -0.05) is 0 Å². The first-order chi connectivity index (χ1) is 8.27. The summed E-state index contributed by atoms with van der Waals surface area (Å²) in [5.41, 5.74) is 0. The van der Waals surface area contributed by atoms with Crippen LogP contribution in [0.15, 0.2) is 0 Å². The first-order valence-electron chi connectivity index (χ1n) is 4.78. The van der Waals surface area contributed by atoms with E-state index in [9.17, 15) is 19.2 Å². The van der Waals surface area contributed by atoms with Crippen molar-refractivity contribution in [3.63, 3.8) is 0 Å². The summed E-state index contributed by atoms with van der Waals surface area (Å²) in [6, 6.07) is 0. The van der Waals surface area contributed by atoms with Gasteiger partial charge in [0.05, 0.1) is 15.9 Å². The van der Waals surface area contributed by atoms with Gasteiger partial charge in [0.25, 0.3) is 0 Å². The van der Waals surface area contributed by atoms with Gasteiger partial charge in [0, 0.05) is 6.92 Å². The van der Waals surface area contributed by atoms with Crippen molar-refractivity contribution in [3.8, 4) is 0 Å². The molecule has 0 aromatic heterocycles. The van der Waals surface area contributed by atoms with Crippen LogP contribution in [0.5, 0.6) is 0 Å². The van der Waals surface area contributed by atoms with Crippen LogP contribution < -0.4 is 0 Å². The SMILES string of the molecule is CC(=O)O[C@@H](C)C(=O)O[C@@H](CC(=O)O)C(=O)OP. The van der Waals surface area contributed by atoms with Gasteiger partial charge in [-0.2, -0.15) is 0 Å². The van der Waals surface area contributed by atoms with E-state index >= 15 is 0 Å². The summed E-state index contributed by atoms with van der Waals surface area (Å²) in [5, 5.41) is 8.53. The molecule has 0 rings (SSSR count). The summed E-state index contributed by atoms with van der Waals surface area (Å²) in [6.07, 6.45) is -3.58. The van der Waals surface area contributed by atoms with Crippen molar-refractivity contribution in [2.45, 2.75) is 32.5 Å². The molecule has 0 aromatic carbocycles. The van der Waals surface area contributed by atoms with Crippen LogP contribution >= 0.6 is 9.47 Å². The zero-order valence-corrected chi connectivity index (χ0v) is 10.9. The van der Waals surface area contributed by atoms with Crippen molar-refractivity contribution in [2.75, 3.05) is 0 Å². The predicted octanol–water partition coefficient (Wildman–Crippen LogP) is -0.342. The molecule has 1 unspecified atom stereocenters. The van der Waals surface area contributed by atoms with Crippen molar-refractivity contribution in [3.05, 3.63) is 0 Å². The van der Waals surface area contributed by atoms with Crippen LogP contribution in [0.25, 0.3) is 0 Å². The molecular formula is C9H13O8P. The number of hydrogen-bond donors (Lipinski definition) is 1. The van der Waals surface area contributed by atoms with E-state index < -0.39 is 42.5 Å². The largest absolute Gasteiger partial charge is 0.481 e. The molecule has 102 valence electrons. The third-order valence-corrected chi connectivity index (χ3v) is 1.90. The lowest BCUT2D eigenvalue weighted by Crippen LogP contribution is -2.35. The number of rotatable bonds is 6. The Hall–Kier alpha value is -1.69. The summed E-state index contributed by atoms with van der Waals surface area (Å²) >= 11 is 0.